The molecule has 0 saturated heterocycles. The molecule has 5 nitrogen and oxygen atoms in total. The highest BCUT2D eigenvalue weighted by atomic mass is 16.2. The van der Waals surface area contributed by atoms with Gasteiger partial charge >= 0.3 is 5.69 Å². The molecular weight excluding hydrogens is 194 g/mol. The van der Waals surface area contributed by atoms with Crippen LogP contribution in [0.25, 0.3) is 16.7 Å². The van der Waals surface area contributed by atoms with Gasteiger partial charge in [0, 0.05) is 6.07 Å². The number of fused-ring (bicyclic) bond motifs is 3. The molecule has 0 aliphatic carbocycles. The second-order valence-corrected chi connectivity index (χ2v) is 3.30. The molecule has 0 unspecified atom stereocenters. The van der Waals surface area contributed by atoms with Crippen LogP contribution in [0, 0.1) is 0 Å². The lowest BCUT2D eigenvalue weighted by atomic mass is 10.3. The van der Waals surface area contributed by atoms with Crippen LogP contribution in [0.1, 0.15) is 0 Å². The van der Waals surface area contributed by atoms with E-state index in [1.54, 1.807) is 0 Å². The molecule has 15 heavy (non-hydrogen) atoms. The Labute approximate surface area is 83.0 Å². The summed E-state index contributed by atoms with van der Waals surface area (Å²) in [6, 6.07) is 8.74. The van der Waals surface area contributed by atoms with Crippen molar-refractivity contribution >= 4 is 16.7 Å². The van der Waals surface area contributed by atoms with E-state index in [0.29, 0.717) is 5.65 Å². The molecule has 3 aromatic rings. The third kappa shape index (κ3) is 1.03. The van der Waals surface area contributed by atoms with Crippen LogP contribution < -0.4 is 11.2 Å². The molecule has 74 valence electrons. The van der Waals surface area contributed by atoms with Crippen molar-refractivity contribution in [2.75, 3.05) is 0 Å². The average molecular weight is 201 g/mol. The number of hydrogen-bond donors (Lipinski definition) is 2. The molecule has 0 fully saturated rings. The van der Waals surface area contributed by atoms with Crippen LogP contribution in [-0.2, 0) is 0 Å². The number of imidazole rings is 1. The van der Waals surface area contributed by atoms with Crippen molar-refractivity contribution in [3.05, 3.63) is 51.2 Å². The number of nitrogens with zero attached hydrogens (tertiary/aromatic N) is 1. The number of aromatic amines is 2. The number of hydrogen-bond acceptors (Lipinski definition) is 2. The van der Waals surface area contributed by atoms with Crippen molar-refractivity contribution < 1.29 is 0 Å². The molecule has 5 heteroatoms. The Bertz CT molecular complexity index is 763. The Morgan fingerprint density at radius 1 is 1.07 bits per heavy atom. The first-order valence-corrected chi connectivity index (χ1v) is 4.48. The minimum Gasteiger partial charge on any atom is -0.339 e. The van der Waals surface area contributed by atoms with Gasteiger partial charge in [0.05, 0.1) is 11.0 Å². The molecule has 2 aromatic heterocycles. The lowest BCUT2D eigenvalue weighted by molar-refractivity contribution is 0.999. The molecule has 0 aliphatic rings. The number of benzene rings is 1. The van der Waals surface area contributed by atoms with Crippen LogP contribution in [0.2, 0.25) is 0 Å². The lowest BCUT2D eigenvalue weighted by Crippen LogP contribution is -2.24. The quantitative estimate of drug-likeness (QED) is 0.555. The van der Waals surface area contributed by atoms with Crippen LogP contribution in [-0.4, -0.2) is 14.4 Å². The van der Waals surface area contributed by atoms with E-state index in [2.05, 4.69) is 9.97 Å². The van der Waals surface area contributed by atoms with E-state index >= 15 is 0 Å². The molecule has 0 aliphatic heterocycles. The lowest BCUT2D eigenvalue weighted by Gasteiger charge is -1.91. The SMILES string of the molecule is O=c1cc2[nH]c3ccccc3n2c(=O)[nH]1. The summed E-state index contributed by atoms with van der Waals surface area (Å²) >= 11 is 0. The Morgan fingerprint density at radius 3 is 2.73 bits per heavy atom. The van der Waals surface area contributed by atoms with Gasteiger partial charge in [-0.15, -0.1) is 0 Å². The zero-order valence-electron chi connectivity index (χ0n) is 7.65. The topological polar surface area (TPSA) is 70.1 Å². The van der Waals surface area contributed by atoms with Crippen LogP contribution in [0.15, 0.2) is 39.9 Å². The van der Waals surface area contributed by atoms with Crippen molar-refractivity contribution in [2.45, 2.75) is 0 Å². The molecule has 2 N–H and O–H groups in total. The van der Waals surface area contributed by atoms with Crippen molar-refractivity contribution in [2.24, 2.45) is 0 Å². The number of aromatic nitrogens is 3. The molecule has 0 bridgehead atoms. The van der Waals surface area contributed by atoms with E-state index in [1.165, 1.54) is 10.5 Å². The van der Waals surface area contributed by atoms with Crippen molar-refractivity contribution in [1.29, 1.82) is 0 Å². The van der Waals surface area contributed by atoms with Gasteiger partial charge in [0.25, 0.3) is 5.56 Å². The first-order valence-electron chi connectivity index (χ1n) is 4.48. The Morgan fingerprint density at radius 2 is 1.87 bits per heavy atom. The third-order valence-corrected chi connectivity index (χ3v) is 2.35. The zero-order valence-corrected chi connectivity index (χ0v) is 7.65. The summed E-state index contributed by atoms with van der Waals surface area (Å²) in [7, 11) is 0. The summed E-state index contributed by atoms with van der Waals surface area (Å²) in [4.78, 5) is 27.9. The van der Waals surface area contributed by atoms with E-state index in [-0.39, 0.29) is 0 Å². The molecule has 0 amide bonds. The van der Waals surface area contributed by atoms with Gasteiger partial charge in [-0.3, -0.25) is 9.78 Å². The molecule has 2 heterocycles. The number of H-pyrrole nitrogens is 2. The van der Waals surface area contributed by atoms with E-state index < -0.39 is 11.2 Å². The molecule has 0 saturated carbocycles. The highest BCUT2D eigenvalue weighted by Gasteiger charge is 2.04. The molecule has 0 radical (unpaired) electrons. The molecule has 1 aromatic carbocycles. The molecule has 0 spiro atoms. The second-order valence-electron chi connectivity index (χ2n) is 3.30. The van der Waals surface area contributed by atoms with Gasteiger partial charge in [0.2, 0.25) is 0 Å². The summed E-state index contributed by atoms with van der Waals surface area (Å²) in [5, 5.41) is 0. The highest BCUT2D eigenvalue weighted by Crippen LogP contribution is 2.12. The standard InChI is InChI=1S/C10H7N3O2/c14-9-5-8-11-6-3-1-2-4-7(6)13(8)10(15)12-9/h1-5,11H,(H,12,14,15). The van der Waals surface area contributed by atoms with Gasteiger partial charge < -0.3 is 4.98 Å². The summed E-state index contributed by atoms with van der Waals surface area (Å²) in [5.74, 6) is 0. The first-order chi connectivity index (χ1) is 7.25. The van der Waals surface area contributed by atoms with Crippen LogP contribution in [0.4, 0.5) is 0 Å². The maximum absolute atomic E-state index is 11.6. The van der Waals surface area contributed by atoms with Gasteiger partial charge in [-0.1, -0.05) is 12.1 Å². The smallest absolute Gasteiger partial charge is 0.334 e. The average Bonchev–Trinajstić information content (AvgIpc) is 2.54. The Hall–Kier alpha value is -2.30. The number of para-hydroxylation sites is 2. The normalized spacial score (nSPS) is 11.2. The van der Waals surface area contributed by atoms with E-state index in [4.69, 9.17) is 0 Å². The monoisotopic (exact) mass is 201 g/mol. The summed E-state index contributed by atoms with van der Waals surface area (Å²) in [5.41, 5.74) is 1.27. The third-order valence-electron chi connectivity index (χ3n) is 2.35. The number of rotatable bonds is 0. The molecule has 3 rings (SSSR count). The van der Waals surface area contributed by atoms with E-state index in [0.717, 1.165) is 11.0 Å². The van der Waals surface area contributed by atoms with Gasteiger partial charge in [-0.05, 0) is 12.1 Å². The van der Waals surface area contributed by atoms with Gasteiger partial charge in [-0.25, -0.2) is 9.20 Å². The van der Waals surface area contributed by atoms with Crippen LogP contribution >= 0.6 is 0 Å². The van der Waals surface area contributed by atoms with E-state index in [1.807, 2.05) is 24.3 Å². The predicted octanol–water partition coefficient (Wildman–Crippen LogP) is 0.469. The number of nitrogens with one attached hydrogen (secondary N) is 2. The minimum atomic E-state index is -0.421. The van der Waals surface area contributed by atoms with Crippen molar-refractivity contribution in [1.82, 2.24) is 14.4 Å². The maximum Gasteiger partial charge on any atom is 0.334 e. The fourth-order valence-electron chi connectivity index (χ4n) is 1.74. The second kappa shape index (κ2) is 2.60. The van der Waals surface area contributed by atoms with Gasteiger partial charge in [-0.2, -0.15) is 0 Å². The minimum absolute atomic E-state index is 0.397. The van der Waals surface area contributed by atoms with E-state index in [9.17, 15) is 9.59 Å². The first kappa shape index (κ1) is 8.05. The maximum atomic E-state index is 11.6. The molecular formula is C10H7N3O2. The van der Waals surface area contributed by atoms with Crippen molar-refractivity contribution in [3.63, 3.8) is 0 Å². The predicted molar refractivity (Wildman–Crippen MR) is 56.1 cm³/mol. The van der Waals surface area contributed by atoms with Crippen LogP contribution in [0.3, 0.4) is 0 Å². The van der Waals surface area contributed by atoms with Crippen LogP contribution in [0.5, 0.6) is 0 Å². The zero-order chi connectivity index (χ0) is 10.4. The summed E-state index contributed by atoms with van der Waals surface area (Å²) in [6.07, 6.45) is 0. The van der Waals surface area contributed by atoms with Crippen molar-refractivity contribution in [3.8, 4) is 0 Å². The fraction of sp³-hybridized carbons (Fsp3) is 0. The molecule has 0 atom stereocenters. The Kier molecular flexibility index (Phi) is 1.39. The van der Waals surface area contributed by atoms with Gasteiger partial charge in [0.15, 0.2) is 0 Å². The largest absolute Gasteiger partial charge is 0.339 e. The fourth-order valence-corrected chi connectivity index (χ4v) is 1.74. The van der Waals surface area contributed by atoms with Gasteiger partial charge in [0.1, 0.15) is 5.65 Å². The summed E-state index contributed by atoms with van der Waals surface area (Å²) in [6.45, 7) is 0. The highest BCUT2D eigenvalue weighted by molar-refractivity contribution is 5.79. The summed E-state index contributed by atoms with van der Waals surface area (Å²) < 4.78 is 1.44. The Balaban J connectivity index is 2.73.